The Morgan fingerprint density at radius 1 is 1.11 bits per heavy atom. The average Bonchev–Trinajstić information content (AvgIpc) is 2.45. The van der Waals surface area contributed by atoms with E-state index < -0.39 is 0 Å². The second-order valence-corrected chi connectivity index (χ2v) is 4.16. The van der Waals surface area contributed by atoms with Crippen LogP contribution in [0.4, 0.5) is 0 Å². The van der Waals surface area contributed by atoms with Crippen molar-refractivity contribution in [3.8, 4) is 11.1 Å². The fourth-order valence-electron chi connectivity index (χ4n) is 1.79. The smallest absolute Gasteiger partial charge is 0.0587 e. The first-order valence-corrected chi connectivity index (χ1v) is 6.15. The molecule has 2 rings (SSSR count). The van der Waals surface area contributed by atoms with Gasteiger partial charge in [-0.15, -0.1) is 0 Å². The summed E-state index contributed by atoms with van der Waals surface area (Å²) in [5, 5.41) is 3.33. The van der Waals surface area contributed by atoms with Gasteiger partial charge in [-0.2, -0.15) is 0 Å². The van der Waals surface area contributed by atoms with Gasteiger partial charge >= 0.3 is 0 Å². The van der Waals surface area contributed by atoms with Gasteiger partial charge in [-0.3, -0.25) is 0 Å². The number of hydrogen-bond acceptors (Lipinski definition) is 2. The molecule has 2 heteroatoms. The monoisotopic (exact) mass is 240 g/mol. The lowest BCUT2D eigenvalue weighted by Crippen LogP contribution is -2.18. The minimum absolute atomic E-state index is 0.748. The van der Waals surface area contributed by atoms with Crippen molar-refractivity contribution in [1.82, 2.24) is 5.32 Å². The van der Waals surface area contributed by atoms with Gasteiger partial charge < -0.3 is 10.1 Å². The molecule has 0 aliphatic heterocycles. The zero-order valence-corrected chi connectivity index (χ0v) is 10.6. The Morgan fingerprint density at radius 3 is 2.61 bits per heavy atom. The molecule has 1 N–H and O–H groups in total. The summed E-state index contributed by atoms with van der Waals surface area (Å²) in [4.78, 5) is 0. The first-order valence-electron chi connectivity index (χ1n) is 6.15. The maximum Gasteiger partial charge on any atom is 0.0587 e. The molecule has 0 saturated carbocycles. The predicted octanol–water partition coefficient (Wildman–Crippen LogP) is 2.89. The molecule has 18 heavy (non-hydrogen) atoms. The van der Waals surface area contributed by atoms with Crippen LogP contribution in [0, 0.1) is 6.07 Å². The van der Waals surface area contributed by atoms with Crippen LogP contribution in [0.5, 0.6) is 0 Å². The zero-order valence-electron chi connectivity index (χ0n) is 10.6. The lowest BCUT2D eigenvalue weighted by atomic mass is 10.0. The Bertz CT molecular complexity index is 450. The second kappa shape index (κ2) is 6.94. The number of nitrogens with one attached hydrogen (secondary N) is 1. The molecule has 0 bridgehead atoms. The quantitative estimate of drug-likeness (QED) is 0.784. The van der Waals surface area contributed by atoms with Crippen molar-refractivity contribution in [2.24, 2.45) is 0 Å². The van der Waals surface area contributed by atoms with E-state index >= 15 is 0 Å². The number of benzene rings is 2. The Hall–Kier alpha value is -1.64. The van der Waals surface area contributed by atoms with Gasteiger partial charge in [0.2, 0.25) is 0 Å². The van der Waals surface area contributed by atoms with E-state index in [9.17, 15) is 0 Å². The predicted molar refractivity (Wildman–Crippen MR) is 74.3 cm³/mol. The summed E-state index contributed by atoms with van der Waals surface area (Å²) in [5.74, 6) is 0. The first-order chi connectivity index (χ1) is 8.90. The highest BCUT2D eigenvalue weighted by molar-refractivity contribution is 5.63. The molecule has 0 saturated heterocycles. The number of hydrogen-bond donors (Lipinski definition) is 1. The second-order valence-electron chi connectivity index (χ2n) is 4.16. The molecule has 93 valence electrons. The summed E-state index contributed by atoms with van der Waals surface area (Å²) in [6.45, 7) is 2.51. The third-order valence-corrected chi connectivity index (χ3v) is 2.81. The van der Waals surface area contributed by atoms with E-state index in [4.69, 9.17) is 4.74 Å². The highest BCUT2D eigenvalue weighted by Gasteiger charge is 1.97. The van der Waals surface area contributed by atoms with Crippen LogP contribution < -0.4 is 5.32 Å². The van der Waals surface area contributed by atoms with Crippen molar-refractivity contribution in [1.29, 1.82) is 0 Å². The topological polar surface area (TPSA) is 21.3 Å². The highest BCUT2D eigenvalue weighted by atomic mass is 16.5. The molecular weight excluding hydrogens is 222 g/mol. The van der Waals surface area contributed by atoms with Crippen molar-refractivity contribution in [2.45, 2.75) is 6.54 Å². The minimum Gasteiger partial charge on any atom is -0.383 e. The summed E-state index contributed by atoms with van der Waals surface area (Å²) in [6, 6.07) is 19.7. The fraction of sp³-hybridized carbons (Fsp3) is 0.250. The Labute approximate surface area is 109 Å². The molecule has 2 aromatic carbocycles. The Morgan fingerprint density at radius 2 is 1.94 bits per heavy atom. The average molecular weight is 240 g/mol. The molecule has 0 amide bonds. The molecule has 0 spiro atoms. The highest BCUT2D eigenvalue weighted by Crippen LogP contribution is 2.18. The van der Waals surface area contributed by atoms with E-state index in [2.05, 4.69) is 41.7 Å². The molecular formula is C16H18NO. The minimum atomic E-state index is 0.748. The Kier molecular flexibility index (Phi) is 4.94. The van der Waals surface area contributed by atoms with Gasteiger partial charge in [0.1, 0.15) is 0 Å². The summed E-state index contributed by atoms with van der Waals surface area (Å²) in [7, 11) is 1.72. The standard InChI is InChI=1S/C16H18NO/c1-18-12-11-17-13-14-7-9-16(10-8-14)15-5-3-2-4-6-15/h2-3,5-10,17H,11-13H2,1H3. The van der Waals surface area contributed by atoms with Crippen LogP contribution in [-0.4, -0.2) is 20.3 Å². The maximum absolute atomic E-state index is 4.99. The van der Waals surface area contributed by atoms with Crippen molar-refractivity contribution in [3.05, 3.63) is 60.2 Å². The lowest BCUT2D eigenvalue weighted by molar-refractivity contribution is 0.199. The zero-order chi connectivity index (χ0) is 12.6. The first kappa shape index (κ1) is 12.8. The van der Waals surface area contributed by atoms with Crippen LogP contribution in [0.1, 0.15) is 5.56 Å². The van der Waals surface area contributed by atoms with Crippen molar-refractivity contribution >= 4 is 0 Å². The van der Waals surface area contributed by atoms with Gasteiger partial charge in [0.15, 0.2) is 0 Å². The third kappa shape index (κ3) is 3.69. The molecule has 2 aromatic rings. The maximum atomic E-state index is 4.99. The molecule has 0 aromatic heterocycles. The third-order valence-electron chi connectivity index (χ3n) is 2.81. The number of methoxy groups -OCH3 is 1. The Balaban J connectivity index is 1.94. The van der Waals surface area contributed by atoms with Gasteiger partial charge in [0, 0.05) is 20.2 Å². The van der Waals surface area contributed by atoms with Gasteiger partial charge in [-0.05, 0) is 28.8 Å². The summed E-state index contributed by atoms with van der Waals surface area (Å²) < 4.78 is 4.99. The summed E-state index contributed by atoms with van der Waals surface area (Å²) >= 11 is 0. The van der Waals surface area contributed by atoms with Crippen LogP contribution in [0.2, 0.25) is 0 Å². The largest absolute Gasteiger partial charge is 0.383 e. The van der Waals surface area contributed by atoms with E-state index in [0.29, 0.717) is 0 Å². The molecule has 0 unspecified atom stereocenters. The van der Waals surface area contributed by atoms with Gasteiger partial charge in [0.05, 0.1) is 6.61 Å². The normalized spacial score (nSPS) is 10.5. The van der Waals surface area contributed by atoms with E-state index in [1.807, 2.05) is 18.2 Å². The fourth-order valence-corrected chi connectivity index (χ4v) is 1.79. The molecule has 2 nitrogen and oxygen atoms in total. The van der Waals surface area contributed by atoms with E-state index in [1.165, 1.54) is 16.7 Å². The number of ether oxygens (including phenoxy) is 1. The van der Waals surface area contributed by atoms with Crippen LogP contribution in [0.25, 0.3) is 11.1 Å². The van der Waals surface area contributed by atoms with Crippen molar-refractivity contribution in [3.63, 3.8) is 0 Å². The van der Waals surface area contributed by atoms with Gasteiger partial charge in [-0.1, -0.05) is 42.5 Å². The summed E-state index contributed by atoms with van der Waals surface area (Å²) in [6.07, 6.45) is 0. The lowest BCUT2D eigenvalue weighted by Gasteiger charge is -2.06. The molecule has 0 atom stereocenters. The molecule has 1 radical (unpaired) electrons. The molecule has 0 fully saturated rings. The number of rotatable bonds is 6. The molecule has 0 aliphatic rings. The summed E-state index contributed by atoms with van der Waals surface area (Å²) in [5.41, 5.74) is 3.72. The van der Waals surface area contributed by atoms with Crippen LogP contribution in [0.3, 0.4) is 0 Å². The van der Waals surface area contributed by atoms with Crippen LogP contribution in [-0.2, 0) is 11.3 Å². The van der Waals surface area contributed by atoms with E-state index in [1.54, 1.807) is 7.11 Å². The molecule has 0 heterocycles. The van der Waals surface area contributed by atoms with E-state index in [-0.39, 0.29) is 0 Å². The van der Waals surface area contributed by atoms with Crippen molar-refractivity contribution in [2.75, 3.05) is 20.3 Å². The molecule has 0 aliphatic carbocycles. The van der Waals surface area contributed by atoms with E-state index in [0.717, 1.165) is 19.7 Å². The van der Waals surface area contributed by atoms with Gasteiger partial charge in [0.25, 0.3) is 0 Å². The SMILES string of the molecule is COCCNCc1ccc(-c2c[c]ccc2)cc1. The van der Waals surface area contributed by atoms with Crippen LogP contribution >= 0.6 is 0 Å². The van der Waals surface area contributed by atoms with Crippen LogP contribution in [0.15, 0.2) is 48.5 Å². The van der Waals surface area contributed by atoms with Gasteiger partial charge in [-0.25, -0.2) is 0 Å². The van der Waals surface area contributed by atoms with Crippen molar-refractivity contribution < 1.29 is 4.74 Å².